The van der Waals surface area contributed by atoms with E-state index in [4.69, 9.17) is 10.2 Å². The normalized spacial score (nSPS) is 13.5. The monoisotopic (exact) mass is 266 g/mol. The number of carboxylic acids is 2. The van der Waals surface area contributed by atoms with Gasteiger partial charge in [0, 0.05) is 29.4 Å². The van der Waals surface area contributed by atoms with Crippen LogP contribution in [-0.4, -0.2) is 57.0 Å². The molecule has 0 aliphatic carbocycles. The number of hydrogen-bond acceptors (Lipinski definition) is 4. The van der Waals surface area contributed by atoms with Gasteiger partial charge >= 0.3 is 18.0 Å². The predicted octanol–water partition coefficient (Wildman–Crippen LogP) is -1.41. The van der Waals surface area contributed by atoms with Crippen LogP contribution in [0.25, 0.3) is 0 Å². The molecule has 17 heavy (non-hydrogen) atoms. The summed E-state index contributed by atoms with van der Waals surface area (Å²) in [5.41, 5.74) is 0. The van der Waals surface area contributed by atoms with Gasteiger partial charge in [0.2, 0.25) is 0 Å². The van der Waals surface area contributed by atoms with Crippen LogP contribution in [0.4, 0.5) is 4.79 Å². The Morgan fingerprint density at radius 1 is 1.29 bits per heavy atom. The molecule has 0 rings (SSSR count). The van der Waals surface area contributed by atoms with E-state index in [-0.39, 0.29) is 12.3 Å². The maximum Gasteiger partial charge on any atom is 0.326 e. The first kappa shape index (κ1) is 15.4. The summed E-state index contributed by atoms with van der Waals surface area (Å²) in [5.74, 6) is -2.52. The van der Waals surface area contributed by atoms with E-state index in [9.17, 15) is 18.6 Å². The summed E-state index contributed by atoms with van der Waals surface area (Å²) in [7, 11) is -1.07. The van der Waals surface area contributed by atoms with Crippen molar-refractivity contribution in [1.29, 1.82) is 0 Å². The van der Waals surface area contributed by atoms with Crippen LogP contribution in [0.15, 0.2) is 0 Å². The third kappa shape index (κ3) is 8.20. The first-order valence-electron chi connectivity index (χ1n) is 4.62. The Hall–Kier alpha value is -1.64. The van der Waals surface area contributed by atoms with Crippen LogP contribution in [-0.2, 0) is 20.4 Å². The summed E-state index contributed by atoms with van der Waals surface area (Å²) >= 11 is 0. The molecule has 98 valence electrons. The lowest BCUT2D eigenvalue weighted by atomic mass is 10.2. The molecule has 0 heterocycles. The molecule has 0 bridgehead atoms. The van der Waals surface area contributed by atoms with E-state index in [1.807, 2.05) is 5.32 Å². The van der Waals surface area contributed by atoms with E-state index in [1.165, 1.54) is 6.26 Å². The van der Waals surface area contributed by atoms with E-state index in [0.29, 0.717) is 0 Å². The first-order chi connectivity index (χ1) is 7.82. The van der Waals surface area contributed by atoms with Gasteiger partial charge in [0.05, 0.1) is 6.42 Å². The quantitative estimate of drug-likeness (QED) is 0.447. The molecular formula is C8H14N2O6S. The van der Waals surface area contributed by atoms with Crippen LogP contribution in [0, 0.1) is 0 Å². The van der Waals surface area contributed by atoms with Crippen LogP contribution < -0.4 is 10.6 Å². The van der Waals surface area contributed by atoms with Crippen molar-refractivity contribution in [2.24, 2.45) is 0 Å². The topological polar surface area (TPSA) is 133 Å². The number of rotatable bonds is 7. The number of carbonyl (C=O) groups excluding carboxylic acids is 1. The lowest BCUT2D eigenvalue weighted by Crippen LogP contribution is -2.47. The fourth-order valence-electron chi connectivity index (χ4n) is 0.892. The van der Waals surface area contributed by atoms with Crippen molar-refractivity contribution in [2.75, 3.05) is 18.6 Å². The molecule has 2 amide bonds. The minimum Gasteiger partial charge on any atom is -0.481 e. The summed E-state index contributed by atoms with van der Waals surface area (Å²) in [6.45, 7) is 0.119. The molecule has 0 aliphatic rings. The second kappa shape index (κ2) is 7.60. The van der Waals surface area contributed by atoms with Crippen molar-refractivity contribution in [2.45, 2.75) is 12.5 Å². The van der Waals surface area contributed by atoms with Gasteiger partial charge in [-0.05, 0) is 0 Å². The third-order valence-electron chi connectivity index (χ3n) is 1.66. The average molecular weight is 266 g/mol. The molecule has 0 aromatic carbocycles. The minimum absolute atomic E-state index is 0.119. The number of aliphatic carboxylic acids is 2. The number of carboxylic acid groups (broad SMARTS) is 2. The number of amides is 2. The van der Waals surface area contributed by atoms with E-state index in [0.717, 1.165) is 0 Å². The highest BCUT2D eigenvalue weighted by molar-refractivity contribution is 7.84. The molecule has 0 fully saturated rings. The van der Waals surface area contributed by atoms with Crippen LogP contribution in [0.3, 0.4) is 0 Å². The second-order valence-corrected chi connectivity index (χ2v) is 4.72. The Morgan fingerprint density at radius 2 is 1.88 bits per heavy atom. The third-order valence-corrected chi connectivity index (χ3v) is 2.44. The van der Waals surface area contributed by atoms with Gasteiger partial charge in [-0.1, -0.05) is 0 Å². The molecule has 0 saturated heterocycles. The highest BCUT2D eigenvalue weighted by Crippen LogP contribution is 1.92. The summed E-state index contributed by atoms with van der Waals surface area (Å²) in [4.78, 5) is 32.1. The molecule has 9 heteroatoms. The van der Waals surface area contributed by atoms with Crippen LogP contribution in [0.2, 0.25) is 0 Å². The smallest absolute Gasteiger partial charge is 0.326 e. The Balaban J connectivity index is 4.08. The summed E-state index contributed by atoms with van der Waals surface area (Å²) in [6.07, 6.45) is 0.756. The number of nitrogens with one attached hydrogen (secondary N) is 2. The largest absolute Gasteiger partial charge is 0.481 e. The molecule has 8 nitrogen and oxygen atoms in total. The Morgan fingerprint density at radius 3 is 2.29 bits per heavy atom. The molecule has 0 radical (unpaired) electrons. The highest BCUT2D eigenvalue weighted by Gasteiger charge is 2.22. The second-order valence-electron chi connectivity index (χ2n) is 3.17. The van der Waals surface area contributed by atoms with Crippen molar-refractivity contribution in [3.8, 4) is 0 Å². The maximum absolute atomic E-state index is 11.1. The van der Waals surface area contributed by atoms with Crippen molar-refractivity contribution in [1.82, 2.24) is 10.6 Å². The van der Waals surface area contributed by atoms with Gasteiger partial charge in [-0.2, -0.15) is 0 Å². The molecule has 0 aromatic rings. The Kier molecular flexibility index (Phi) is 6.87. The van der Waals surface area contributed by atoms with Crippen molar-refractivity contribution >= 4 is 28.8 Å². The SMILES string of the molecule is CS(=O)CCNC(=O)N[C@H](CC(=O)O)C(=O)O. The molecule has 4 N–H and O–H groups in total. The average Bonchev–Trinajstić information content (AvgIpc) is 2.15. The fourth-order valence-corrected chi connectivity index (χ4v) is 1.28. The van der Waals surface area contributed by atoms with E-state index in [2.05, 4.69) is 5.32 Å². The van der Waals surface area contributed by atoms with Gasteiger partial charge in [0.1, 0.15) is 6.04 Å². The predicted molar refractivity (Wildman–Crippen MR) is 59.1 cm³/mol. The zero-order chi connectivity index (χ0) is 13.4. The lowest BCUT2D eigenvalue weighted by Gasteiger charge is -2.12. The van der Waals surface area contributed by atoms with Crippen molar-refractivity contribution in [3.63, 3.8) is 0 Å². The standard InChI is InChI=1S/C8H14N2O6S/c1-17(16)3-2-9-8(15)10-5(7(13)14)4-6(11)12/h5H,2-4H2,1H3,(H,11,12)(H,13,14)(H2,9,10,15)/t5-,17?/m1/s1. The van der Waals surface area contributed by atoms with Gasteiger partial charge < -0.3 is 20.8 Å². The Labute approximate surface area is 99.8 Å². The number of hydrogen-bond donors (Lipinski definition) is 4. The van der Waals surface area contributed by atoms with Gasteiger partial charge in [-0.25, -0.2) is 9.59 Å². The maximum atomic E-state index is 11.1. The minimum atomic E-state index is -1.49. The first-order valence-corrected chi connectivity index (χ1v) is 6.34. The molecular weight excluding hydrogens is 252 g/mol. The van der Waals surface area contributed by atoms with Crippen LogP contribution in [0.1, 0.15) is 6.42 Å². The molecule has 0 aromatic heterocycles. The molecule has 0 spiro atoms. The van der Waals surface area contributed by atoms with Gasteiger partial charge in [0.25, 0.3) is 0 Å². The van der Waals surface area contributed by atoms with Gasteiger partial charge in [-0.15, -0.1) is 0 Å². The van der Waals surface area contributed by atoms with Gasteiger partial charge in [-0.3, -0.25) is 9.00 Å². The zero-order valence-corrected chi connectivity index (χ0v) is 9.95. The summed E-state index contributed by atoms with van der Waals surface area (Å²) in [6, 6.07) is -2.29. The van der Waals surface area contributed by atoms with E-state index < -0.39 is 41.2 Å². The molecule has 0 aliphatic heterocycles. The fraction of sp³-hybridized carbons (Fsp3) is 0.625. The molecule has 0 saturated carbocycles. The molecule has 2 atom stereocenters. The zero-order valence-electron chi connectivity index (χ0n) is 9.13. The van der Waals surface area contributed by atoms with Crippen LogP contribution >= 0.6 is 0 Å². The Bertz CT molecular complexity index is 332. The van der Waals surface area contributed by atoms with Crippen LogP contribution in [0.5, 0.6) is 0 Å². The molecule has 1 unspecified atom stereocenters. The van der Waals surface area contributed by atoms with E-state index in [1.54, 1.807) is 0 Å². The number of carbonyl (C=O) groups is 3. The van der Waals surface area contributed by atoms with E-state index >= 15 is 0 Å². The lowest BCUT2D eigenvalue weighted by molar-refractivity contribution is -0.145. The van der Waals surface area contributed by atoms with Gasteiger partial charge in [0.15, 0.2) is 0 Å². The highest BCUT2D eigenvalue weighted by atomic mass is 32.2. The van der Waals surface area contributed by atoms with Crippen molar-refractivity contribution < 1.29 is 28.8 Å². The summed E-state index contributed by atoms with van der Waals surface area (Å²) in [5, 5.41) is 21.3. The van der Waals surface area contributed by atoms with Crippen molar-refractivity contribution in [3.05, 3.63) is 0 Å². The number of urea groups is 1. The summed E-state index contributed by atoms with van der Waals surface area (Å²) < 4.78 is 10.7.